The van der Waals surface area contributed by atoms with Gasteiger partial charge in [-0.1, -0.05) is 27.4 Å². The maximum absolute atomic E-state index is 5.45. The summed E-state index contributed by atoms with van der Waals surface area (Å²) in [6.07, 6.45) is 5.14. The first-order chi connectivity index (χ1) is 6.29. The van der Waals surface area contributed by atoms with Crippen LogP contribution in [0.2, 0.25) is 0 Å². The molecule has 0 aliphatic heterocycles. The Morgan fingerprint density at radius 1 is 1.23 bits per heavy atom. The Labute approximate surface area is 82.6 Å². The smallest absolute Gasteiger partial charge is 0.151 e. The molecule has 2 nitrogen and oxygen atoms in total. The van der Waals surface area contributed by atoms with Crippen molar-refractivity contribution in [2.45, 2.75) is 46.3 Å². The lowest BCUT2D eigenvalue weighted by molar-refractivity contribution is -0.0107. The molecule has 0 fully saturated rings. The van der Waals surface area contributed by atoms with E-state index in [1.165, 1.54) is 12.8 Å². The Hall–Kier alpha value is -0.500. The number of hydrogen-bond acceptors (Lipinski definition) is 2. The molecular formula is C11H23NO. The van der Waals surface area contributed by atoms with Gasteiger partial charge in [0.15, 0.2) is 6.23 Å². The van der Waals surface area contributed by atoms with Gasteiger partial charge in [-0.3, -0.25) is 4.90 Å². The lowest BCUT2D eigenvalue weighted by Gasteiger charge is -2.29. The highest BCUT2D eigenvalue weighted by Gasteiger charge is 2.14. The van der Waals surface area contributed by atoms with Crippen LogP contribution in [0.5, 0.6) is 0 Å². The zero-order valence-electron chi connectivity index (χ0n) is 9.25. The molecule has 1 unspecified atom stereocenters. The summed E-state index contributed by atoms with van der Waals surface area (Å²) >= 11 is 0. The van der Waals surface area contributed by atoms with Crippen LogP contribution in [0.3, 0.4) is 0 Å². The maximum atomic E-state index is 5.45. The van der Waals surface area contributed by atoms with Crippen LogP contribution in [0.1, 0.15) is 40.0 Å². The standard InChI is InChI=1S/C11H23NO/c1-5-9-12(10-6-2)11(7-3)13-8-4/h8,11H,4-7,9-10H2,1-3H3. The van der Waals surface area contributed by atoms with Crippen molar-refractivity contribution in [1.82, 2.24) is 4.90 Å². The molecular weight excluding hydrogens is 162 g/mol. The summed E-state index contributed by atoms with van der Waals surface area (Å²) in [5.41, 5.74) is 0. The zero-order valence-corrected chi connectivity index (χ0v) is 9.25. The number of nitrogens with zero attached hydrogens (tertiary/aromatic N) is 1. The Kier molecular flexibility index (Phi) is 7.80. The van der Waals surface area contributed by atoms with Crippen molar-refractivity contribution < 1.29 is 4.74 Å². The van der Waals surface area contributed by atoms with Crippen molar-refractivity contribution in [1.29, 1.82) is 0 Å². The van der Waals surface area contributed by atoms with E-state index in [1.54, 1.807) is 6.26 Å². The molecule has 0 saturated carbocycles. The van der Waals surface area contributed by atoms with E-state index in [1.807, 2.05) is 0 Å². The minimum absolute atomic E-state index is 0.220. The normalized spacial score (nSPS) is 12.9. The molecule has 0 aromatic rings. The van der Waals surface area contributed by atoms with E-state index in [0.717, 1.165) is 19.5 Å². The van der Waals surface area contributed by atoms with Crippen LogP contribution in [0.4, 0.5) is 0 Å². The van der Waals surface area contributed by atoms with Crippen LogP contribution in [-0.2, 0) is 4.74 Å². The van der Waals surface area contributed by atoms with Crippen molar-refractivity contribution in [3.63, 3.8) is 0 Å². The quantitative estimate of drug-likeness (QED) is 0.426. The van der Waals surface area contributed by atoms with Gasteiger partial charge in [-0.15, -0.1) is 0 Å². The topological polar surface area (TPSA) is 12.5 Å². The predicted molar refractivity (Wildman–Crippen MR) is 57.5 cm³/mol. The van der Waals surface area contributed by atoms with Crippen LogP contribution in [0.25, 0.3) is 0 Å². The number of ether oxygens (including phenoxy) is 1. The van der Waals surface area contributed by atoms with Crippen LogP contribution in [-0.4, -0.2) is 24.2 Å². The molecule has 0 aromatic heterocycles. The van der Waals surface area contributed by atoms with Gasteiger partial charge < -0.3 is 4.74 Å². The van der Waals surface area contributed by atoms with Gasteiger partial charge in [-0.25, -0.2) is 0 Å². The van der Waals surface area contributed by atoms with Gasteiger partial charge >= 0.3 is 0 Å². The van der Waals surface area contributed by atoms with E-state index in [0.29, 0.717) is 0 Å². The third-order valence-corrected chi connectivity index (χ3v) is 2.03. The van der Waals surface area contributed by atoms with E-state index in [-0.39, 0.29) is 6.23 Å². The molecule has 0 spiro atoms. The second kappa shape index (κ2) is 8.11. The Bertz CT molecular complexity index is 119. The molecule has 0 heterocycles. The molecule has 78 valence electrons. The predicted octanol–water partition coefficient (Wildman–Crippen LogP) is 3.00. The van der Waals surface area contributed by atoms with E-state index in [2.05, 4.69) is 32.3 Å². The zero-order chi connectivity index (χ0) is 10.1. The highest BCUT2D eigenvalue weighted by Crippen LogP contribution is 2.07. The third-order valence-electron chi connectivity index (χ3n) is 2.03. The largest absolute Gasteiger partial charge is 0.483 e. The van der Waals surface area contributed by atoms with Gasteiger partial charge in [0.25, 0.3) is 0 Å². The van der Waals surface area contributed by atoms with Crippen molar-refractivity contribution in [2.24, 2.45) is 0 Å². The van der Waals surface area contributed by atoms with Gasteiger partial charge in [-0.05, 0) is 19.3 Å². The summed E-state index contributed by atoms with van der Waals surface area (Å²) < 4.78 is 5.45. The molecule has 0 radical (unpaired) electrons. The van der Waals surface area contributed by atoms with Gasteiger partial charge in [0.1, 0.15) is 0 Å². The van der Waals surface area contributed by atoms with Gasteiger partial charge in [0.2, 0.25) is 0 Å². The van der Waals surface area contributed by atoms with Crippen LogP contribution < -0.4 is 0 Å². The Balaban J connectivity index is 4.02. The molecule has 0 aromatic carbocycles. The molecule has 0 bridgehead atoms. The summed E-state index contributed by atoms with van der Waals surface area (Å²) in [5, 5.41) is 0. The minimum atomic E-state index is 0.220. The maximum Gasteiger partial charge on any atom is 0.151 e. The number of hydrogen-bond donors (Lipinski definition) is 0. The first kappa shape index (κ1) is 12.5. The fourth-order valence-electron chi connectivity index (χ4n) is 1.53. The Morgan fingerprint density at radius 3 is 2.08 bits per heavy atom. The highest BCUT2D eigenvalue weighted by atomic mass is 16.5. The summed E-state index contributed by atoms with van der Waals surface area (Å²) in [6.45, 7) is 12.4. The third kappa shape index (κ3) is 4.94. The van der Waals surface area contributed by atoms with Crippen molar-refractivity contribution in [3.05, 3.63) is 12.8 Å². The lowest BCUT2D eigenvalue weighted by Crippen LogP contribution is -2.37. The van der Waals surface area contributed by atoms with Gasteiger partial charge in [-0.2, -0.15) is 0 Å². The fourth-order valence-corrected chi connectivity index (χ4v) is 1.53. The highest BCUT2D eigenvalue weighted by molar-refractivity contribution is 4.64. The number of rotatable bonds is 8. The molecule has 0 saturated heterocycles. The molecule has 0 N–H and O–H groups in total. The molecule has 1 atom stereocenters. The Morgan fingerprint density at radius 2 is 1.77 bits per heavy atom. The lowest BCUT2D eigenvalue weighted by atomic mass is 10.3. The average Bonchev–Trinajstić information content (AvgIpc) is 2.14. The molecule has 2 heteroatoms. The second-order valence-corrected chi connectivity index (χ2v) is 3.20. The van der Waals surface area contributed by atoms with E-state index >= 15 is 0 Å². The van der Waals surface area contributed by atoms with Gasteiger partial charge in [0, 0.05) is 13.1 Å². The molecule has 0 rings (SSSR count). The monoisotopic (exact) mass is 185 g/mol. The summed E-state index contributed by atoms with van der Waals surface area (Å²) in [7, 11) is 0. The molecule has 0 amide bonds. The summed E-state index contributed by atoms with van der Waals surface area (Å²) in [4.78, 5) is 2.38. The first-order valence-corrected chi connectivity index (χ1v) is 5.30. The van der Waals surface area contributed by atoms with E-state index in [9.17, 15) is 0 Å². The fraction of sp³-hybridized carbons (Fsp3) is 0.818. The van der Waals surface area contributed by atoms with Crippen molar-refractivity contribution >= 4 is 0 Å². The van der Waals surface area contributed by atoms with Crippen LogP contribution in [0, 0.1) is 0 Å². The van der Waals surface area contributed by atoms with E-state index < -0.39 is 0 Å². The van der Waals surface area contributed by atoms with E-state index in [4.69, 9.17) is 4.74 Å². The molecule has 13 heavy (non-hydrogen) atoms. The van der Waals surface area contributed by atoms with Gasteiger partial charge in [0.05, 0.1) is 6.26 Å². The first-order valence-electron chi connectivity index (χ1n) is 5.30. The summed E-state index contributed by atoms with van der Waals surface area (Å²) in [5.74, 6) is 0. The van der Waals surface area contributed by atoms with Crippen molar-refractivity contribution in [2.75, 3.05) is 13.1 Å². The average molecular weight is 185 g/mol. The summed E-state index contributed by atoms with van der Waals surface area (Å²) in [6, 6.07) is 0. The van der Waals surface area contributed by atoms with Crippen LogP contribution >= 0.6 is 0 Å². The van der Waals surface area contributed by atoms with Crippen LogP contribution in [0.15, 0.2) is 12.8 Å². The SMILES string of the molecule is C=COC(CC)N(CCC)CCC. The second-order valence-electron chi connectivity index (χ2n) is 3.20. The minimum Gasteiger partial charge on any atom is -0.483 e. The molecule has 0 aliphatic rings. The van der Waals surface area contributed by atoms with Crippen molar-refractivity contribution in [3.8, 4) is 0 Å². The molecule has 0 aliphatic carbocycles.